The number of nitrogens with two attached hydrogens (primary N) is 1. The molecule has 2 bridgehead atoms. The van der Waals surface area contributed by atoms with E-state index in [0.717, 1.165) is 12.8 Å². The Morgan fingerprint density at radius 1 is 1.60 bits per heavy atom. The van der Waals surface area contributed by atoms with Crippen molar-refractivity contribution in [2.45, 2.75) is 30.9 Å². The highest BCUT2D eigenvalue weighted by atomic mass is 16.4. The van der Waals surface area contributed by atoms with Crippen LogP contribution in [0.1, 0.15) is 19.3 Å². The van der Waals surface area contributed by atoms with Crippen molar-refractivity contribution in [3.8, 4) is 0 Å². The third-order valence-electron chi connectivity index (χ3n) is 3.89. The monoisotopic (exact) mass is 214 g/mol. The van der Waals surface area contributed by atoms with E-state index in [-0.39, 0.29) is 19.0 Å². The molecule has 4 N–H and O–H groups in total. The molecule has 2 fully saturated rings. The first-order valence-corrected chi connectivity index (χ1v) is 5.43. The molecule has 3 unspecified atom stereocenters. The zero-order chi connectivity index (χ0) is 11.1. The predicted octanol–water partition coefficient (Wildman–Crippen LogP) is -0.755. The average molecular weight is 214 g/mol. The molecule has 3 atom stereocenters. The maximum absolute atomic E-state index is 10.6. The highest BCUT2D eigenvalue weighted by molar-refractivity contribution is 5.69. The summed E-state index contributed by atoms with van der Waals surface area (Å²) in [5, 5.41) is 19.0. The number of rotatable bonds is 3. The summed E-state index contributed by atoms with van der Waals surface area (Å²) in [6.07, 6.45) is 2.45. The Kier molecular flexibility index (Phi) is 2.70. The fourth-order valence-corrected chi connectivity index (χ4v) is 2.93. The lowest BCUT2D eigenvalue weighted by atomic mass is 9.76. The number of hydrogen-bond donors (Lipinski definition) is 3. The van der Waals surface area contributed by atoms with Crippen LogP contribution in [0.5, 0.6) is 0 Å². The smallest absolute Gasteiger partial charge is 0.317 e. The second-order valence-corrected chi connectivity index (χ2v) is 4.76. The van der Waals surface area contributed by atoms with Crippen LogP contribution in [-0.2, 0) is 4.79 Å². The number of aliphatic carboxylic acids is 1. The standard InChI is InChI=1S/C10H18N2O3/c11-6-10(15)2-1-8-3-7(10)4-12(8)5-9(13)14/h7-8,15H,1-6,11H2,(H,13,14). The summed E-state index contributed by atoms with van der Waals surface area (Å²) >= 11 is 0. The van der Waals surface area contributed by atoms with Gasteiger partial charge < -0.3 is 15.9 Å². The van der Waals surface area contributed by atoms with Crippen molar-refractivity contribution in [3.63, 3.8) is 0 Å². The zero-order valence-electron chi connectivity index (χ0n) is 8.72. The summed E-state index contributed by atoms with van der Waals surface area (Å²) in [6, 6.07) is 0.331. The number of hydrogen-bond acceptors (Lipinski definition) is 4. The summed E-state index contributed by atoms with van der Waals surface area (Å²) < 4.78 is 0. The van der Waals surface area contributed by atoms with Crippen LogP contribution in [0, 0.1) is 5.92 Å². The van der Waals surface area contributed by atoms with E-state index in [4.69, 9.17) is 10.8 Å². The van der Waals surface area contributed by atoms with Gasteiger partial charge in [-0.05, 0) is 19.3 Å². The summed E-state index contributed by atoms with van der Waals surface area (Å²) in [5.74, 6) is -0.639. The molecular formula is C10H18N2O3. The molecule has 1 saturated heterocycles. The van der Waals surface area contributed by atoms with Gasteiger partial charge in [0.25, 0.3) is 0 Å². The van der Waals surface area contributed by atoms with E-state index < -0.39 is 11.6 Å². The van der Waals surface area contributed by atoms with Gasteiger partial charge in [0.15, 0.2) is 0 Å². The van der Waals surface area contributed by atoms with Crippen molar-refractivity contribution in [1.82, 2.24) is 4.90 Å². The van der Waals surface area contributed by atoms with Crippen LogP contribution in [0.25, 0.3) is 0 Å². The van der Waals surface area contributed by atoms with Crippen molar-refractivity contribution < 1.29 is 15.0 Å². The SMILES string of the molecule is NCC1(O)CCC2CC1CN2CC(=O)O. The average Bonchev–Trinajstić information content (AvgIpc) is 2.52. The van der Waals surface area contributed by atoms with Gasteiger partial charge in [-0.25, -0.2) is 0 Å². The van der Waals surface area contributed by atoms with Crippen molar-refractivity contribution in [1.29, 1.82) is 0 Å². The van der Waals surface area contributed by atoms with Crippen LogP contribution in [-0.4, -0.2) is 52.4 Å². The van der Waals surface area contributed by atoms with E-state index in [2.05, 4.69) is 0 Å². The first-order chi connectivity index (χ1) is 7.05. The van der Waals surface area contributed by atoms with E-state index in [1.54, 1.807) is 0 Å². The summed E-state index contributed by atoms with van der Waals surface area (Å²) in [4.78, 5) is 12.6. The molecule has 1 aliphatic carbocycles. The number of aliphatic hydroxyl groups is 1. The summed E-state index contributed by atoms with van der Waals surface area (Å²) in [6.45, 7) is 1.04. The van der Waals surface area contributed by atoms with E-state index in [0.29, 0.717) is 19.0 Å². The third-order valence-corrected chi connectivity index (χ3v) is 3.89. The van der Waals surface area contributed by atoms with Crippen LogP contribution in [0.15, 0.2) is 0 Å². The van der Waals surface area contributed by atoms with Crippen LogP contribution in [0.4, 0.5) is 0 Å². The maximum atomic E-state index is 10.6. The molecule has 5 nitrogen and oxygen atoms in total. The lowest BCUT2D eigenvalue weighted by molar-refractivity contribution is -0.138. The molecule has 2 aliphatic rings. The predicted molar refractivity (Wildman–Crippen MR) is 54.3 cm³/mol. The number of carboxylic acids is 1. The largest absolute Gasteiger partial charge is 0.480 e. The van der Waals surface area contributed by atoms with Crippen LogP contribution < -0.4 is 5.73 Å². The van der Waals surface area contributed by atoms with Crippen LogP contribution in [0.2, 0.25) is 0 Å². The Bertz CT molecular complexity index is 271. The number of carboxylic acid groups (broad SMARTS) is 1. The Balaban J connectivity index is 2.04. The zero-order valence-corrected chi connectivity index (χ0v) is 8.72. The first kappa shape index (κ1) is 10.9. The first-order valence-electron chi connectivity index (χ1n) is 5.43. The highest BCUT2D eigenvalue weighted by Crippen LogP contribution is 2.41. The van der Waals surface area contributed by atoms with Gasteiger partial charge in [-0.3, -0.25) is 9.69 Å². The summed E-state index contributed by atoms with van der Waals surface area (Å²) in [7, 11) is 0. The molecule has 86 valence electrons. The van der Waals surface area contributed by atoms with E-state index in [1.807, 2.05) is 4.90 Å². The van der Waals surface area contributed by atoms with E-state index in [9.17, 15) is 9.90 Å². The van der Waals surface area contributed by atoms with Gasteiger partial charge in [-0.1, -0.05) is 0 Å². The Hall–Kier alpha value is -0.650. The number of nitrogens with zero attached hydrogens (tertiary/aromatic N) is 1. The van der Waals surface area contributed by atoms with Crippen LogP contribution in [0.3, 0.4) is 0 Å². The molecule has 15 heavy (non-hydrogen) atoms. The molecule has 1 saturated carbocycles. The van der Waals surface area contributed by atoms with Crippen molar-refractivity contribution in [2.75, 3.05) is 19.6 Å². The number of likely N-dealkylation sites (tertiary alicyclic amines) is 1. The molecule has 0 amide bonds. The molecule has 0 radical (unpaired) electrons. The third kappa shape index (κ3) is 1.87. The summed E-state index contributed by atoms with van der Waals surface area (Å²) in [5.41, 5.74) is 4.82. The molecule has 2 rings (SSSR count). The fourth-order valence-electron chi connectivity index (χ4n) is 2.93. The van der Waals surface area contributed by atoms with E-state index in [1.165, 1.54) is 0 Å². The van der Waals surface area contributed by atoms with Gasteiger partial charge in [0.2, 0.25) is 0 Å². The minimum atomic E-state index is -0.793. The van der Waals surface area contributed by atoms with E-state index >= 15 is 0 Å². The minimum Gasteiger partial charge on any atom is -0.480 e. The van der Waals surface area contributed by atoms with Crippen molar-refractivity contribution >= 4 is 5.97 Å². The Labute approximate surface area is 88.9 Å². The van der Waals surface area contributed by atoms with Gasteiger partial charge in [-0.15, -0.1) is 0 Å². The number of carbonyl (C=O) groups is 1. The van der Waals surface area contributed by atoms with Crippen LogP contribution >= 0.6 is 0 Å². The van der Waals surface area contributed by atoms with Gasteiger partial charge in [0.1, 0.15) is 0 Å². The quantitative estimate of drug-likeness (QED) is 0.575. The highest BCUT2D eigenvalue weighted by Gasteiger charge is 2.48. The fraction of sp³-hybridized carbons (Fsp3) is 0.900. The minimum absolute atomic E-state index is 0.0851. The second kappa shape index (κ2) is 3.73. The molecule has 0 aromatic carbocycles. The molecule has 5 heteroatoms. The normalized spacial score (nSPS) is 40.7. The molecule has 1 heterocycles. The maximum Gasteiger partial charge on any atom is 0.317 e. The van der Waals surface area contributed by atoms with Gasteiger partial charge in [-0.2, -0.15) is 0 Å². The molecule has 0 aromatic rings. The molecular weight excluding hydrogens is 196 g/mol. The lowest BCUT2D eigenvalue weighted by Gasteiger charge is -2.36. The van der Waals surface area contributed by atoms with Gasteiger partial charge >= 0.3 is 5.97 Å². The molecule has 1 aliphatic heterocycles. The van der Waals surface area contributed by atoms with Crippen molar-refractivity contribution in [2.24, 2.45) is 11.7 Å². The topological polar surface area (TPSA) is 86.8 Å². The van der Waals surface area contributed by atoms with Gasteiger partial charge in [0.05, 0.1) is 12.1 Å². The molecule has 0 spiro atoms. The second-order valence-electron chi connectivity index (χ2n) is 4.76. The Morgan fingerprint density at radius 3 is 2.93 bits per heavy atom. The lowest BCUT2D eigenvalue weighted by Crippen LogP contribution is -2.47. The molecule has 0 aromatic heterocycles. The Morgan fingerprint density at radius 2 is 2.33 bits per heavy atom. The number of fused-ring (bicyclic) bond motifs is 2. The van der Waals surface area contributed by atoms with Gasteiger partial charge in [0, 0.05) is 25.0 Å². The van der Waals surface area contributed by atoms with Crippen molar-refractivity contribution in [3.05, 3.63) is 0 Å².